The lowest BCUT2D eigenvalue weighted by Gasteiger charge is -2.26. The van der Waals surface area contributed by atoms with Gasteiger partial charge in [-0.3, -0.25) is 10.1 Å². The average molecular weight is 258 g/mol. The molecule has 0 saturated heterocycles. The van der Waals surface area contributed by atoms with Gasteiger partial charge in [0, 0.05) is 6.04 Å². The topological polar surface area (TPSA) is 83.8 Å². The molecule has 1 fully saturated rings. The summed E-state index contributed by atoms with van der Waals surface area (Å²) in [6, 6.07) is 7.67. The van der Waals surface area contributed by atoms with Gasteiger partial charge in [0.2, 0.25) is 11.9 Å². The Kier molecular flexibility index (Phi) is 3.21. The van der Waals surface area contributed by atoms with Crippen molar-refractivity contribution in [3.63, 3.8) is 0 Å². The molecule has 0 spiro atoms. The first-order chi connectivity index (χ1) is 9.24. The van der Waals surface area contributed by atoms with Crippen LogP contribution >= 0.6 is 0 Å². The lowest BCUT2D eigenvalue weighted by Crippen LogP contribution is -2.40. The first kappa shape index (κ1) is 12.2. The number of carbonyl (C=O) groups is 1. The van der Waals surface area contributed by atoms with E-state index in [1.54, 1.807) is 0 Å². The SMILES string of the molecule is NC1CCCCC1C(=O)Nc1nc2ccccc2[nH]1. The molecular weight excluding hydrogens is 240 g/mol. The van der Waals surface area contributed by atoms with Crippen molar-refractivity contribution in [1.29, 1.82) is 0 Å². The highest BCUT2D eigenvalue weighted by atomic mass is 16.2. The van der Waals surface area contributed by atoms with Gasteiger partial charge in [-0.25, -0.2) is 4.98 Å². The van der Waals surface area contributed by atoms with Crippen molar-refractivity contribution in [2.75, 3.05) is 5.32 Å². The third kappa shape index (κ3) is 2.46. The number of carbonyl (C=O) groups excluding carboxylic acids is 1. The smallest absolute Gasteiger partial charge is 0.231 e. The molecule has 19 heavy (non-hydrogen) atoms. The van der Waals surface area contributed by atoms with Gasteiger partial charge < -0.3 is 10.7 Å². The Morgan fingerprint density at radius 3 is 2.89 bits per heavy atom. The molecule has 1 saturated carbocycles. The van der Waals surface area contributed by atoms with Gasteiger partial charge in [-0.05, 0) is 25.0 Å². The number of fused-ring (bicyclic) bond motifs is 1. The highest BCUT2D eigenvalue weighted by Gasteiger charge is 2.28. The number of H-pyrrole nitrogens is 1. The number of aromatic amines is 1. The lowest BCUT2D eigenvalue weighted by atomic mass is 9.84. The van der Waals surface area contributed by atoms with Crippen LogP contribution in [0.5, 0.6) is 0 Å². The quantitative estimate of drug-likeness (QED) is 0.770. The summed E-state index contributed by atoms with van der Waals surface area (Å²) in [4.78, 5) is 19.6. The summed E-state index contributed by atoms with van der Waals surface area (Å²) in [5.74, 6) is 0.386. The van der Waals surface area contributed by atoms with Crippen LogP contribution in [0, 0.1) is 5.92 Å². The maximum Gasteiger partial charge on any atom is 0.231 e. The van der Waals surface area contributed by atoms with Crippen LogP contribution in [0.4, 0.5) is 5.95 Å². The molecule has 5 heteroatoms. The van der Waals surface area contributed by atoms with Crippen molar-refractivity contribution in [2.45, 2.75) is 31.7 Å². The monoisotopic (exact) mass is 258 g/mol. The lowest BCUT2D eigenvalue weighted by molar-refractivity contribution is -0.121. The van der Waals surface area contributed by atoms with E-state index in [1.165, 1.54) is 0 Å². The number of para-hydroxylation sites is 2. The van der Waals surface area contributed by atoms with E-state index in [2.05, 4.69) is 15.3 Å². The molecule has 1 aromatic heterocycles. The van der Waals surface area contributed by atoms with Crippen molar-refractivity contribution >= 4 is 22.9 Å². The molecule has 100 valence electrons. The summed E-state index contributed by atoms with van der Waals surface area (Å²) in [7, 11) is 0. The van der Waals surface area contributed by atoms with Crippen molar-refractivity contribution in [2.24, 2.45) is 11.7 Å². The molecule has 1 amide bonds. The minimum atomic E-state index is -0.0954. The Hall–Kier alpha value is -1.88. The van der Waals surface area contributed by atoms with Crippen LogP contribution < -0.4 is 11.1 Å². The van der Waals surface area contributed by atoms with E-state index in [1.807, 2.05) is 24.3 Å². The molecular formula is C14H18N4O. The van der Waals surface area contributed by atoms with Gasteiger partial charge >= 0.3 is 0 Å². The van der Waals surface area contributed by atoms with Gasteiger partial charge in [-0.1, -0.05) is 25.0 Å². The van der Waals surface area contributed by atoms with Gasteiger partial charge in [-0.2, -0.15) is 0 Å². The van der Waals surface area contributed by atoms with Gasteiger partial charge in [0.1, 0.15) is 0 Å². The van der Waals surface area contributed by atoms with Gasteiger partial charge in [0.15, 0.2) is 0 Å². The second kappa shape index (κ2) is 5.01. The van der Waals surface area contributed by atoms with Crippen LogP contribution in [-0.2, 0) is 4.79 Å². The van der Waals surface area contributed by atoms with E-state index >= 15 is 0 Å². The van der Waals surface area contributed by atoms with Gasteiger partial charge in [0.25, 0.3) is 0 Å². The molecule has 1 aliphatic rings. The molecule has 1 aromatic carbocycles. The molecule has 5 nitrogen and oxygen atoms in total. The van der Waals surface area contributed by atoms with E-state index in [4.69, 9.17) is 5.73 Å². The van der Waals surface area contributed by atoms with Gasteiger partial charge in [-0.15, -0.1) is 0 Å². The summed E-state index contributed by atoms with van der Waals surface area (Å²) in [6.45, 7) is 0. The first-order valence-corrected chi connectivity index (χ1v) is 6.75. The number of rotatable bonds is 2. The highest BCUT2D eigenvalue weighted by molar-refractivity contribution is 5.93. The number of benzene rings is 1. The van der Waals surface area contributed by atoms with Crippen molar-refractivity contribution in [1.82, 2.24) is 9.97 Å². The molecule has 2 aromatic rings. The molecule has 1 aliphatic carbocycles. The highest BCUT2D eigenvalue weighted by Crippen LogP contribution is 2.24. The molecule has 4 N–H and O–H groups in total. The Morgan fingerprint density at radius 1 is 1.32 bits per heavy atom. The maximum atomic E-state index is 12.2. The summed E-state index contributed by atoms with van der Waals surface area (Å²) < 4.78 is 0. The average Bonchev–Trinajstić information content (AvgIpc) is 2.81. The van der Waals surface area contributed by atoms with Gasteiger partial charge in [0.05, 0.1) is 17.0 Å². The van der Waals surface area contributed by atoms with Crippen LogP contribution in [0.1, 0.15) is 25.7 Å². The van der Waals surface area contributed by atoms with Crippen LogP contribution in [0.25, 0.3) is 11.0 Å². The summed E-state index contributed by atoms with van der Waals surface area (Å²) >= 11 is 0. The number of hydrogen-bond donors (Lipinski definition) is 3. The van der Waals surface area contributed by atoms with Crippen LogP contribution in [0.2, 0.25) is 0 Å². The van der Waals surface area contributed by atoms with E-state index in [9.17, 15) is 4.79 Å². The number of imidazole rings is 1. The third-order valence-electron chi connectivity index (χ3n) is 3.79. The number of amides is 1. The molecule has 2 atom stereocenters. The molecule has 1 heterocycles. The largest absolute Gasteiger partial charge is 0.327 e. The molecule has 0 aliphatic heterocycles. The summed E-state index contributed by atoms with van der Waals surface area (Å²) in [5, 5.41) is 2.85. The zero-order chi connectivity index (χ0) is 13.2. The van der Waals surface area contributed by atoms with Crippen LogP contribution in [0.3, 0.4) is 0 Å². The number of aromatic nitrogens is 2. The molecule has 2 unspecified atom stereocenters. The zero-order valence-corrected chi connectivity index (χ0v) is 10.7. The number of nitrogens with one attached hydrogen (secondary N) is 2. The fourth-order valence-electron chi connectivity index (χ4n) is 2.71. The Bertz CT molecular complexity index is 559. The van der Waals surface area contributed by atoms with E-state index in [-0.39, 0.29) is 17.9 Å². The third-order valence-corrected chi connectivity index (χ3v) is 3.79. The fourth-order valence-corrected chi connectivity index (χ4v) is 2.71. The van der Waals surface area contributed by atoms with Crippen LogP contribution in [-0.4, -0.2) is 21.9 Å². The number of anilines is 1. The minimum Gasteiger partial charge on any atom is -0.327 e. The van der Waals surface area contributed by atoms with E-state index in [0.717, 1.165) is 36.7 Å². The Morgan fingerprint density at radius 2 is 2.11 bits per heavy atom. The van der Waals surface area contributed by atoms with Crippen molar-refractivity contribution in [3.8, 4) is 0 Å². The normalized spacial score (nSPS) is 23.4. The predicted octanol–water partition coefficient (Wildman–Crippen LogP) is 2.02. The number of hydrogen-bond acceptors (Lipinski definition) is 3. The van der Waals surface area contributed by atoms with Crippen molar-refractivity contribution in [3.05, 3.63) is 24.3 Å². The summed E-state index contributed by atoms with van der Waals surface area (Å²) in [5.41, 5.74) is 7.79. The standard InChI is InChI=1S/C14H18N4O/c15-10-6-2-1-5-9(10)13(19)18-14-16-11-7-3-4-8-12(11)17-14/h3-4,7-10H,1-2,5-6,15H2,(H2,16,17,18,19). The second-order valence-electron chi connectivity index (χ2n) is 5.15. The Balaban J connectivity index is 1.75. The van der Waals surface area contributed by atoms with Crippen molar-refractivity contribution < 1.29 is 4.79 Å². The van der Waals surface area contributed by atoms with Crippen LogP contribution in [0.15, 0.2) is 24.3 Å². The molecule has 0 bridgehead atoms. The van der Waals surface area contributed by atoms with E-state index < -0.39 is 0 Å². The second-order valence-corrected chi connectivity index (χ2v) is 5.15. The predicted molar refractivity (Wildman–Crippen MR) is 74.7 cm³/mol. The zero-order valence-electron chi connectivity index (χ0n) is 10.7. The Labute approximate surface area is 111 Å². The number of nitrogens with zero attached hydrogens (tertiary/aromatic N) is 1. The molecule has 3 rings (SSSR count). The maximum absolute atomic E-state index is 12.2. The molecule has 0 radical (unpaired) electrons. The fraction of sp³-hybridized carbons (Fsp3) is 0.429. The number of nitrogens with two attached hydrogens (primary N) is 1. The first-order valence-electron chi connectivity index (χ1n) is 6.75. The summed E-state index contributed by atoms with van der Waals surface area (Å²) in [6.07, 6.45) is 3.99. The van der Waals surface area contributed by atoms with E-state index in [0.29, 0.717) is 5.95 Å². The minimum absolute atomic E-state index is 0.0220.